The van der Waals surface area contributed by atoms with Crippen LogP contribution < -0.4 is 5.32 Å². The Morgan fingerprint density at radius 3 is 2.65 bits per heavy atom. The molecule has 0 atom stereocenters. The third-order valence-corrected chi connectivity index (χ3v) is 3.33. The SMILES string of the molecule is O=C(O)c1ccccc1-c1ccc(CNc2ccncn2)nc1. The van der Waals surface area contributed by atoms with Gasteiger partial charge in [0.2, 0.25) is 0 Å². The standard InChI is InChI=1S/C17H14N4O2/c22-17(23)15-4-2-1-3-14(15)12-5-6-13(19-9-12)10-20-16-7-8-18-11-21-16/h1-9,11H,10H2,(H,22,23)(H,18,20,21). The second-order valence-corrected chi connectivity index (χ2v) is 4.84. The zero-order valence-corrected chi connectivity index (χ0v) is 12.2. The van der Waals surface area contributed by atoms with Crippen LogP contribution in [0.4, 0.5) is 5.82 Å². The van der Waals surface area contributed by atoms with Crippen molar-refractivity contribution in [2.24, 2.45) is 0 Å². The van der Waals surface area contributed by atoms with Gasteiger partial charge in [-0.15, -0.1) is 0 Å². The number of carbonyl (C=O) groups is 1. The first-order valence-electron chi connectivity index (χ1n) is 7.01. The first kappa shape index (κ1) is 14.6. The second-order valence-electron chi connectivity index (χ2n) is 4.84. The summed E-state index contributed by atoms with van der Waals surface area (Å²) in [6.07, 6.45) is 4.81. The maximum atomic E-state index is 11.3. The fourth-order valence-electron chi connectivity index (χ4n) is 2.19. The van der Waals surface area contributed by atoms with Gasteiger partial charge in [0, 0.05) is 18.0 Å². The lowest BCUT2D eigenvalue weighted by Gasteiger charge is -2.08. The largest absolute Gasteiger partial charge is 0.478 e. The third-order valence-electron chi connectivity index (χ3n) is 3.33. The highest BCUT2D eigenvalue weighted by molar-refractivity contribution is 5.95. The summed E-state index contributed by atoms with van der Waals surface area (Å²) in [5.74, 6) is -0.225. The van der Waals surface area contributed by atoms with Crippen LogP contribution in [0.5, 0.6) is 0 Å². The summed E-state index contributed by atoms with van der Waals surface area (Å²) in [7, 11) is 0. The van der Waals surface area contributed by atoms with Crippen LogP contribution in [-0.2, 0) is 6.54 Å². The number of hydrogen-bond acceptors (Lipinski definition) is 5. The van der Waals surface area contributed by atoms with Crippen LogP contribution in [0.15, 0.2) is 61.2 Å². The maximum absolute atomic E-state index is 11.3. The van der Waals surface area contributed by atoms with Crippen molar-refractivity contribution in [3.63, 3.8) is 0 Å². The summed E-state index contributed by atoms with van der Waals surface area (Å²) in [5, 5.41) is 12.4. The molecule has 114 valence electrons. The zero-order chi connectivity index (χ0) is 16.1. The van der Waals surface area contributed by atoms with E-state index in [0.29, 0.717) is 12.1 Å². The third kappa shape index (κ3) is 3.49. The summed E-state index contributed by atoms with van der Waals surface area (Å²) in [6, 6.07) is 12.4. The van der Waals surface area contributed by atoms with Gasteiger partial charge in [0.15, 0.2) is 0 Å². The van der Waals surface area contributed by atoms with Gasteiger partial charge in [-0.2, -0.15) is 0 Å². The van der Waals surface area contributed by atoms with Crippen molar-refractivity contribution in [3.8, 4) is 11.1 Å². The summed E-state index contributed by atoms with van der Waals surface area (Å²) >= 11 is 0. The molecule has 0 spiro atoms. The van der Waals surface area contributed by atoms with E-state index < -0.39 is 5.97 Å². The van der Waals surface area contributed by atoms with Gasteiger partial charge in [-0.3, -0.25) is 4.98 Å². The Kier molecular flexibility index (Phi) is 4.24. The molecule has 23 heavy (non-hydrogen) atoms. The number of carboxylic acid groups (broad SMARTS) is 1. The number of anilines is 1. The summed E-state index contributed by atoms with van der Waals surface area (Å²) in [6.45, 7) is 0.526. The van der Waals surface area contributed by atoms with Gasteiger partial charge in [-0.05, 0) is 23.8 Å². The monoisotopic (exact) mass is 306 g/mol. The van der Waals surface area contributed by atoms with Crippen molar-refractivity contribution in [2.75, 3.05) is 5.32 Å². The molecule has 0 aliphatic heterocycles. The highest BCUT2D eigenvalue weighted by atomic mass is 16.4. The Labute approximate surface area is 132 Å². The molecule has 0 bridgehead atoms. The minimum Gasteiger partial charge on any atom is -0.478 e. The number of nitrogens with one attached hydrogen (secondary N) is 1. The topological polar surface area (TPSA) is 88.0 Å². The van der Waals surface area contributed by atoms with E-state index in [1.807, 2.05) is 18.2 Å². The van der Waals surface area contributed by atoms with E-state index >= 15 is 0 Å². The fourth-order valence-corrected chi connectivity index (χ4v) is 2.19. The lowest BCUT2D eigenvalue weighted by molar-refractivity contribution is 0.0697. The number of benzene rings is 1. The normalized spacial score (nSPS) is 10.3. The molecular formula is C17H14N4O2. The lowest BCUT2D eigenvalue weighted by atomic mass is 10.0. The number of hydrogen-bond donors (Lipinski definition) is 2. The average Bonchev–Trinajstić information content (AvgIpc) is 2.61. The molecule has 6 nitrogen and oxygen atoms in total. The van der Waals surface area contributed by atoms with Gasteiger partial charge < -0.3 is 10.4 Å². The number of rotatable bonds is 5. The molecule has 3 rings (SSSR count). The highest BCUT2D eigenvalue weighted by Gasteiger charge is 2.10. The number of nitrogens with zero attached hydrogens (tertiary/aromatic N) is 3. The van der Waals surface area contributed by atoms with E-state index in [1.54, 1.807) is 36.7 Å². The predicted molar refractivity (Wildman–Crippen MR) is 86.0 cm³/mol. The molecule has 0 radical (unpaired) electrons. The number of aromatic nitrogens is 3. The molecule has 2 N–H and O–H groups in total. The van der Waals surface area contributed by atoms with Crippen molar-refractivity contribution in [2.45, 2.75) is 6.54 Å². The Hall–Kier alpha value is -3.28. The van der Waals surface area contributed by atoms with Gasteiger partial charge in [0.1, 0.15) is 12.1 Å². The molecular weight excluding hydrogens is 292 g/mol. The van der Waals surface area contributed by atoms with E-state index in [9.17, 15) is 9.90 Å². The summed E-state index contributed by atoms with van der Waals surface area (Å²) < 4.78 is 0. The molecule has 0 saturated carbocycles. The lowest BCUT2D eigenvalue weighted by Crippen LogP contribution is -2.03. The number of aromatic carboxylic acids is 1. The van der Waals surface area contributed by atoms with E-state index in [2.05, 4.69) is 20.3 Å². The first-order chi connectivity index (χ1) is 11.2. The quantitative estimate of drug-likeness (QED) is 0.753. The van der Waals surface area contributed by atoms with Crippen LogP contribution >= 0.6 is 0 Å². The van der Waals surface area contributed by atoms with Crippen LogP contribution in [0.25, 0.3) is 11.1 Å². The molecule has 0 aliphatic rings. The Morgan fingerprint density at radius 2 is 1.96 bits per heavy atom. The molecule has 0 amide bonds. The van der Waals surface area contributed by atoms with E-state index in [4.69, 9.17) is 0 Å². The minimum absolute atomic E-state index is 0.265. The van der Waals surface area contributed by atoms with Crippen LogP contribution in [0, 0.1) is 0 Å². The molecule has 3 aromatic rings. The number of carboxylic acids is 1. The van der Waals surface area contributed by atoms with Crippen molar-refractivity contribution in [3.05, 3.63) is 72.4 Å². The van der Waals surface area contributed by atoms with Gasteiger partial charge in [0.25, 0.3) is 0 Å². The van der Waals surface area contributed by atoms with Crippen LogP contribution in [0.2, 0.25) is 0 Å². The molecule has 2 heterocycles. The van der Waals surface area contributed by atoms with Crippen molar-refractivity contribution in [1.29, 1.82) is 0 Å². The van der Waals surface area contributed by atoms with E-state index in [1.165, 1.54) is 6.33 Å². The molecule has 0 fully saturated rings. The minimum atomic E-state index is -0.949. The molecule has 6 heteroatoms. The smallest absolute Gasteiger partial charge is 0.336 e. The zero-order valence-electron chi connectivity index (χ0n) is 12.2. The first-order valence-corrected chi connectivity index (χ1v) is 7.01. The average molecular weight is 306 g/mol. The molecule has 2 aromatic heterocycles. The van der Waals surface area contributed by atoms with Crippen LogP contribution in [-0.4, -0.2) is 26.0 Å². The van der Waals surface area contributed by atoms with E-state index in [-0.39, 0.29) is 5.56 Å². The summed E-state index contributed by atoms with van der Waals surface area (Å²) in [5.41, 5.74) is 2.53. The Bertz CT molecular complexity index is 804. The van der Waals surface area contributed by atoms with Crippen LogP contribution in [0.3, 0.4) is 0 Å². The Morgan fingerprint density at radius 1 is 1.09 bits per heavy atom. The molecule has 1 aromatic carbocycles. The Balaban J connectivity index is 1.76. The molecule has 0 aliphatic carbocycles. The fraction of sp³-hybridized carbons (Fsp3) is 0.0588. The van der Waals surface area contributed by atoms with Crippen LogP contribution in [0.1, 0.15) is 16.1 Å². The summed E-state index contributed by atoms with van der Waals surface area (Å²) in [4.78, 5) is 23.6. The van der Waals surface area contributed by atoms with E-state index in [0.717, 1.165) is 17.1 Å². The van der Waals surface area contributed by atoms with Gasteiger partial charge in [-0.1, -0.05) is 24.3 Å². The maximum Gasteiger partial charge on any atom is 0.336 e. The molecule has 0 saturated heterocycles. The van der Waals surface area contributed by atoms with Crippen molar-refractivity contribution in [1.82, 2.24) is 15.0 Å². The van der Waals surface area contributed by atoms with Gasteiger partial charge in [0.05, 0.1) is 17.8 Å². The van der Waals surface area contributed by atoms with Gasteiger partial charge in [-0.25, -0.2) is 14.8 Å². The van der Waals surface area contributed by atoms with Crippen molar-refractivity contribution < 1.29 is 9.90 Å². The second kappa shape index (κ2) is 6.65. The van der Waals surface area contributed by atoms with Crippen molar-refractivity contribution >= 4 is 11.8 Å². The predicted octanol–water partition coefficient (Wildman–Crippen LogP) is 2.85. The van der Waals surface area contributed by atoms with Gasteiger partial charge >= 0.3 is 5.97 Å². The number of pyridine rings is 1. The molecule has 0 unspecified atom stereocenters. The highest BCUT2D eigenvalue weighted by Crippen LogP contribution is 2.23.